The number of nitrogens with zero attached hydrogens (tertiary/aromatic N) is 3. The molecular formula is C20H27IN4O4. The van der Waals surface area contributed by atoms with E-state index in [1.54, 1.807) is 23.1 Å². The maximum Gasteiger partial charge on any atom is 0.289 e. The van der Waals surface area contributed by atoms with E-state index in [0.29, 0.717) is 49.8 Å². The Hall–Kier alpha value is -2.43. The Balaban J connectivity index is 0.00000300. The third kappa shape index (κ3) is 5.55. The summed E-state index contributed by atoms with van der Waals surface area (Å²) in [5.41, 5.74) is 0.696. The lowest BCUT2D eigenvalue weighted by Gasteiger charge is -2.36. The van der Waals surface area contributed by atoms with Crippen molar-refractivity contribution in [3.63, 3.8) is 0 Å². The monoisotopic (exact) mass is 514 g/mol. The van der Waals surface area contributed by atoms with E-state index in [4.69, 9.17) is 9.15 Å². The zero-order valence-corrected chi connectivity index (χ0v) is 19.0. The summed E-state index contributed by atoms with van der Waals surface area (Å²) >= 11 is 0. The Bertz CT molecular complexity index is 818. The number of hydrogen-bond donors (Lipinski definition) is 2. The van der Waals surface area contributed by atoms with Crippen molar-refractivity contribution in [2.45, 2.75) is 13.5 Å². The first kappa shape index (κ1) is 22.9. The highest BCUT2D eigenvalue weighted by Crippen LogP contribution is 2.29. The number of furan rings is 1. The number of ether oxygens (including phenoxy) is 1. The second kappa shape index (κ2) is 10.9. The van der Waals surface area contributed by atoms with Gasteiger partial charge in [-0.15, -0.1) is 24.0 Å². The van der Waals surface area contributed by atoms with Gasteiger partial charge in [0.25, 0.3) is 5.91 Å². The average Bonchev–Trinajstić information content (AvgIpc) is 3.26. The summed E-state index contributed by atoms with van der Waals surface area (Å²) in [6, 6.07) is 8.76. The minimum absolute atomic E-state index is 0. The molecule has 1 aromatic heterocycles. The molecule has 158 valence electrons. The van der Waals surface area contributed by atoms with Crippen molar-refractivity contribution < 1.29 is 19.1 Å². The summed E-state index contributed by atoms with van der Waals surface area (Å²) in [6.07, 6.45) is 1.51. The molecule has 1 saturated heterocycles. The molecule has 1 aliphatic heterocycles. The Morgan fingerprint density at radius 1 is 1.21 bits per heavy atom. The molecule has 1 aliphatic rings. The third-order valence-corrected chi connectivity index (χ3v) is 4.63. The topological polar surface area (TPSA) is 90.5 Å². The van der Waals surface area contributed by atoms with E-state index in [1.807, 2.05) is 19.1 Å². The summed E-state index contributed by atoms with van der Waals surface area (Å²) in [6.45, 7) is 5.59. The van der Waals surface area contributed by atoms with Crippen molar-refractivity contribution in [1.29, 1.82) is 0 Å². The van der Waals surface area contributed by atoms with E-state index in [-0.39, 0.29) is 35.6 Å². The molecule has 0 unspecified atom stereocenters. The first-order chi connectivity index (χ1) is 13.6. The van der Waals surface area contributed by atoms with Gasteiger partial charge in [-0.25, -0.2) is 4.99 Å². The van der Waals surface area contributed by atoms with Crippen LogP contribution < -0.4 is 10.1 Å². The minimum Gasteiger partial charge on any atom is -0.504 e. The lowest BCUT2D eigenvalue weighted by molar-refractivity contribution is 0.0657. The maximum atomic E-state index is 12.4. The molecule has 8 nitrogen and oxygen atoms in total. The number of halogens is 1. The van der Waals surface area contributed by atoms with Crippen LogP contribution in [0.3, 0.4) is 0 Å². The van der Waals surface area contributed by atoms with Crippen LogP contribution in [0.15, 0.2) is 46.0 Å². The molecule has 0 atom stereocenters. The van der Waals surface area contributed by atoms with Crippen molar-refractivity contribution in [3.05, 3.63) is 47.9 Å². The molecule has 0 spiro atoms. The molecule has 2 N–H and O–H groups in total. The Kier molecular flexibility index (Phi) is 8.62. The number of nitrogens with one attached hydrogen (secondary N) is 1. The first-order valence-electron chi connectivity index (χ1n) is 9.35. The number of aliphatic imine (C=N–C) groups is 1. The molecule has 0 saturated carbocycles. The number of guanidine groups is 1. The van der Waals surface area contributed by atoms with Crippen LogP contribution in [0.2, 0.25) is 0 Å². The van der Waals surface area contributed by atoms with Gasteiger partial charge < -0.3 is 29.4 Å². The quantitative estimate of drug-likeness (QED) is 0.362. The van der Waals surface area contributed by atoms with Crippen LogP contribution in [-0.4, -0.2) is 66.6 Å². The minimum atomic E-state index is -0.0899. The lowest BCUT2D eigenvalue weighted by Crippen LogP contribution is -2.53. The molecule has 0 bridgehead atoms. The zero-order valence-electron chi connectivity index (χ0n) is 16.6. The van der Waals surface area contributed by atoms with E-state index < -0.39 is 0 Å². The second-order valence-electron chi connectivity index (χ2n) is 6.39. The van der Waals surface area contributed by atoms with Crippen LogP contribution in [0.1, 0.15) is 23.0 Å². The zero-order chi connectivity index (χ0) is 19.9. The maximum absolute atomic E-state index is 12.4. The first-order valence-corrected chi connectivity index (χ1v) is 9.35. The smallest absolute Gasteiger partial charge is 0.289 e. The molecule has 29 heavy (non-hydrogen) atoms. The normalized spacial score (nSPS) is 14.3. The van der Waals surface area contributed by atoms with E-state index >= 15 is 0 Å². The molecule has 1 fully saturated rings. The summed E-state index contributed by atoms with van der Waals surface area (Å²) in [4.78, 5) is 21.0. The average molecular weight is 514 g/mol. The number of benzene rings is 1. The Morgan fingerprint density at radius 2 is 1.93 bits per heavy atom. The number of aromatic hydroxyl groups is 1. The summed E-state index contributed by atoms with van der Waals surface area (Å²) in [5, 5.41) is 13.5. The number of hydrogen-bond acceptors (Lipinski definition) is 5. The fourth-order valence-corrected chi connectivity index (χ4v) is 3.12. The van der Waals surface area contributed by atoms with Crippen LogP contribution in [0.5, 0.6) is 11.5 Å². The van der Waals surface area contributed by atoms with Crippen molar-refractivity contribution >= 4 is 35.8 Å². The van der Waals surface area contributed by atoms with E-state index in [0.717, 1.165) is 12.5 Å². The van der Waals surface area contributed by atoms with Gasteiger partial charge in [-0.3, -0.25) is 4.79 Å². The van der Waals surface area contributed by atoms with Crippen LogP contribution in [0.25, 0.3) is 0 Å². The molecule has 0 aliphatic carbocycles. The number of piperazine rings is 1. The molecular weight excluding hydrogens is 487 g/mol. The standard InChI is InChI=1S/C20H26N4O4.HI/c1-3-21-20(22-14-15-6-4-7-16(27-2)18(15)25)24-11-9-23(10-12-24)19(26)17-8-5-13-28-17;/h4-8,13,25H,3,9-12,14H2,1-2H3,(H,21,22);1H. The van der Waals surface area contributed by atoms with Gasteiger partial charge in [0.15, 0.2) is 23.2 Å². The largest absolute Gasteiger partial charge is 0.504 e. The van der Waals surface area contributed by atoms with Crippen LogP contribution >= 0.6 is 24.0 Å². The van der Waals surface area contributed by atoms with Gasteiger partial charge >= 0.3 is 0 Å². The summed E-state index contributed by atoms with van der Waals surface area (Å²) in [5.74, 6) is 1.58. The van der Waals surface area contributed by atoms with Gasteiger partial charge in [-0.2, -0.15) is 0 Å². The van der Waals surface area contributed by atoms with Crippen LogP contribution in [0.4, 0.5) is 0 Å². The van der Waals surface area contributed by atoms with Gasteiger partial charge in [0.1, 0.15) is 0 Å². The van der Waals surface area contributed by atoms with Gasteiger partial charge in [0, 0.05) is 38.3 Å². The van der Waals surface area contributed by atoms with Crippen molar-refractivity contribution in [1.82, 2.24) is 15.1 Å². The molecule has 0 radical (unpaired) electrons. The number of rotatable bonds is 5. The van der Waals surface area contributed by atoms with Gasteiger partial charge in [-0.05, 0) is 25.1 Å². The highest BCUT2D eigenvalue weighted by molar-refractivity contribution is 14.0. The highest BCUT2D eigenvalue weighted by Gasteiger charge is 2.25. The third-order valence-electron chi connectivity index (χ3n) is 4.63. The van der Waals surface area contributed by atoms with Crippen molar-refractivity contribution in [2.75, 3.05) is 39.8 Å². The number of phenols is 1. The number of amides is 1. The van der Waals surface area contributed by atoms with Gasteiger partial charge in [-0.1, -0.05) is 12.1 Å². The van der Waals surface area contributed by atoms with Crippen LogP contribution in [0, 0.1) is 0 Å². The predicted octanol–water partition coefficient (Wildman–Crippen LogP) is 2.54. The molecule has 3 rings (SSSR count). The molecule has 9 heteroatoms. The van der Waals surface area contributed by atoms with Crippen LogP contribution in [-0.2, 0) is 6.54 Å². The Labute approximate surface area is 187 Å². The fraction of sp³-hybridized carbons (Fsp3) is 0.400. The molecule has 1 amide bonds. The van der Waals surface area contributed by atoms with E-state index in [9.17, 15) is 9.90 Å². The van der Waals surface area contributed by atoms with Crippen molar-refractivity contribution in [3.8, 4) is 11.5 Å². The highest BCUT2D eigenvalue weighted by atomic mass is 127. The van der Waals surface area contributed by atoms with Gasteiger partial charge in [0.05, 0.1) is 19.9 Å². The molecule has 2 heterocycles. The second-order valence-corrected chi connectivity index (χ2v) is 6.39. The number of methoxy groups -OCH3 is 1. The number of carbonyl (C=O) groups is 1. The summed E-state index contributed by atoms with van der Waals surface area (Å²) < 4.78 is 10.4. The SMILES string of the molecule is CCNC(=NCc1cccc(OC)c1O)N1CCN(C(=O)c2ccco2)CC1.I. The van der Waals surface area contributed by atoms with Gasteiger partial charge in [0.2, 0.25) is 0 Å². The fourth-order valence-electron chi connectivity index (χ4n) is 3.12. The molecule has 2 aromatic rings. The Morgan fingerprint density at radius 3 is 2.55 bits per heavy atom. The van der Waals surface area contributed by atoms with E-state index in [2.05, 4.69) is 15.2 Å². The number of carbonyl (C=O) groups excluding carboxylic acids is 1. The number of phenolic OH excluding ortho intramolecular Hbond substituents is 1. The van der Waals surface area contributed by atoms with Crippen molar-refractivity contribution in [2.24, 2.45) is 4.99 Å². The van der Waals surface area contributed by atoms with E-state index in [1.165, 1.54) is 13.4 Å². The molecule has 1 aromatic carbocycles. The number of para-hydroxylation sites is 1. The summed E-state index contributed by atoms with van der Waals surface area (Å²) in [7, 11) is 1.52. The predicted molar refractivity (Wildman–Crippen MR) is 121 cm³/mol. The lowest BCUT2D eigenvalue weighted by atomic mass is 10.2.